The smallest absolute Gasteiger partial charge is 0.272 e. The van der Waals surface area contributed by atoms with Gasteiger partial charge in [-0.15, -0.1) is 0 Å². The van der Waals surface area contributed by atoms with Gasteiger partial charge in [0.25, 0.3) is 11.5 Å². The molecule has 1 aliphatic carbocycles. The maximum absolute atomic E-state index is 12.5. The molecule has 0 saturated carbocycles. The van der Waals surface area contributed by atoms with Crippen molar-refractivity contribution in [2.24, 2.45) is 0 Å². The van der Waals surface area contributed by atoms with Crippen molar-refractivity contribution >= 4 is 16.8 Å². The molecule has 0 fully saturated rings. The molecule has 0 atom stereocenters. The number of H-pyrrole nitrogens is 2. The molecule has 2 aromatic heterocycles. The van der Waals surface area contributed by atoms with Gasteiger partial charge in [0, 0.05) is 28.9 Å². The lowest BCUT2D eigenvalue weighted by Gasteiger charge is -2.11. The van der Waals surface area contributed by atoms with Gasteiger partial charge in [0.15, 0.2) is 5.69 Å². The Balaban J connectivity index is 1.56. The number of rotatable bonds is 3. The van der Waals surface area contributed by atoms with Crippen LogP contribution in [-0.4, -0.2) is 21.1 Å². The van der Waals surface area contributed by atoms with E-state index in [4.69, 9.17) is 0 Å². The molecule has 0 saturated heterocycles. The summed E-state index contributed by atoms with van der Waals surface area (Å²) in [5.74, 6) is -0.233. The van der Waals surface area contributed by atoms with E-state index >= 15 is 0 Å². The number of aromatic amines is 2. The highest BCUT2D eigenvalue weighted by Crippen LogP contribution is 2.22. The van der Waals surface area contributed by atoms with Crippen molar-refractivity contribution in [1.29, 1.82) is 0 Å². The van der Waals surface area contributed by atoms with Gasteiger partial charge in [-0.3, -0.25) is 14.7 Å². The van der Waals surface area contributed by atoms with E-state index < -0.39 is 0 Å². The Morgan fingerprint density at radius 1 is 1.24 bits per heavy atom. The Morgan fingerprint density at radius 2 is 2.08 bits per heavy atom. The van der Waals surface area contributed by atoms with Crippen LogP contribution in [0.25, 0.3) is 10.9 Å². The van der Waals surface area contributed by atoms with E-state index in [-0.39, 0.29) is 18.0 Å². The number of hydrogen-bond acceptors (Lipinski definition) is 3. The third-order valence-electron chi connectivity index (χ3n) is 4.79. The number of nitrogens with one attached hydrogen (secondary N) is 3. The summed E-state index contributed by atoms with van der Waals surface area (Å²) in [5.41, 5.74) is 4.83. The molecule has 3 aromatic rings. The Labute approximate surface area is 144 Å². The summed E-state index contributed by atoms with van der Waals surface area (Å²) in [6.07, 6.45) is 4.03. The molecule has 1 amide bonds. The zero-order valence-electron chi connectivity index (χ0n) is 14.1. The minimum absolute atomic E-state index is 0.180. The first-order chi connectivity index (χ1) is 12.1. The fourth-order valence-electron chi connectivity index (χ4n) is 3.43. The van der Waals surface area contributed by atoms with Gasteiger partial charge < -0.3 is 10.3 Å². The van der Waals surface area contributed by atoms with Gasteiger partial charge >= 0.3 is 0 Å². The highest BCUT2D eigenvalue weighted by molar-refractivity contribution is 5.94. The summed E-state index contributed by atoms with van der Waals surface area (Å²) in [6.45, 7) is 2.19. The SMILES string of the molecule is Cc1ccc2[nH]c(=O)c(CNC(=O)c3n[nH]c4c3CCCC4)cc2c1. The van der Waals surface area contributed by atoms with Crippen LogP contribution in [0.3, 0.4) is 0 Å². The second kappa shape index (κ2) is 6.20. The summed E-state index contributed by atoms with van der Waals surface area (Å²) in [4.78, 5) is 27.6. The molecule has 3 N–H and O–H groups in total. The van der Waals surface area contributed by atoms with Crippen molar-refractivity contribution in [1.82, 2.24) is 20.5 Å². The molecular formula is C19H20N4O2. The number of nitrogens with zero attached hydrogens (tertiary/aromatic N) is 1. The van der Waals surface area contributed by atoms with E-state index in [9.17, 15) is 9.59 Å². The highest BCUT2D eigenvalue weighted by atomic mass is 16.2. The molecule has 0 aliphatic heterocycles. The Kier molecular flexibility index (Phi) is 3.87. The maximum atomic E-state index is 12.5. The van der Waals surface area contributed by atoms with Crippen molar-refractivity contribution in [3.05, 3.63) is 62.7 Å². The topological polar surface area (TPSA) is 90.6 Å². The molecule has 0 spiro atoms. The number of carbonyl (C=O) groups excluding carboxylic acids is 1. The second-order valence-electron chi connectivity index (χ2n) is 6.63. The third kappa shape index (κ3) is 2.95. The van der Waals surface area contributed by atoms with E-state index in [1.54, 1.807) is 0 Å². The van der Waals surface area contributed by atoms with Crippen molar-refractivity contribution in [3.8, 4) is 0 Å². The summed E-state index contributed by atoms with van der Waals surface area (Å²) >= 11 is 0. The van der Waals surface area contributed by atoms with Gasteiger partial charge in [-0.05, 0) is 56.2 Å². The van der Waals surface area contributed by atoms with Crippen LogP contribution in [0.15, 0.2) is 29.1 Å². The van der Waals surface area contributed by atoms with E-state index in [0.717, 1.165) is 53.4 Å². The number of aryl methyl sites for hydroxylation is 2. The second-order valence-corrected chi connectivity index (χ2v) is 6.63. The Morgan fingerprint density at radius 3 is 2.96 bits per heavy atom. The summed E-state index contributed by atoms with van der Waals surface area (Å²) < 4.78 is 0. The molecular weight excluding hydrogens is 316 g/mol. The number of hydrogen-bond donors (Lipinski definition) is 3. The van der Waals surface area contributed by atoms with E-state index in [2.05, 4.69) is 20.5 Å². The van der Waals surface area contributed by atoms with Crippen LogP contribution in [0.4, 0.5) is 0 Å². The molecule has 0 bridgehead atoms. The van der Waals surface area contributed by atoms with Gasteiger partial charge in [0.2, 0.25) is 0 Å². The number of benzene rings is 1. The van der Waals surface area contributed by atoms with Crippen LogP contribution in [0.2, 0.25) is 0 Å². The Hall–Kier alpha value is -2.89. The van der Waals surface area contributed by atoms with E-state index in [0.29, 0.717) is 11.3 Å². The lowest BCUT2D eigenvalue weighted by atomic mass is 9.96. The molecule has 1 aliphatic rings. The van der Waals surface area contributed by atoms with Gasteiger partial charge in [-0.1, -0.05) is 11.6 Å². The average molecular weight is 336 g/mol. The van der Waals surface area contributed by atoms with Crippen LogP contribution in [0, 0.1) is 6.92 Å². The average Bonchev–Trinajstić information content (AvgIpc) is 3.04. The largest absolute Gasteiger partial charge is 0.346 e. The van der Waals surface area contributed by atoms with Crippen molar-refractivity contribution in [2.75, 3.05) is 0 Å². The first kappa shape index (κ1) is 15.6. The summed E-state index contributed by atoms with van der Waals surface area (Å²) in [6, 6.07) is 7.70. The monoisotopic (exact) mass is 336 g/mol. The molecule has 2 heterocycles. The molecule has 1 aromatic carbocycles. The number of carbonyl (C=O) groups is 1. The van der Waals surface area contributed by atoms with Crippen LogP contribution in [-0.2, 0) is 19.4 Å². The molecule has 6 nitrogen and oxygen atoms in total. The minimum atomic E-state index is -0.233. The molecule has 6 heteroatoms. The van der Waals surface area contributed by atoms with Crippen molar-refractivity contribution < 1.29 is 4.79 Å². The first-order valence-corrected chi connectivity index (χ1v) is 8.59. The highest BCUT2D eigenvalue weighted by Gasteiger charge is 2.21. The maximum Gasteiger partial charge on any atom is 0.272 e. The Bertz CT molecular complexity index is 1020. The number of amides is 1. The lowest BCUT2D eigenvalue weighted by molar-refractivity contribution is 0.0944. The zero-order valence-corrected chi connectivity index (χ0v) is 14.1. The normalized spacial score (nSPS) is 13.6. The minimum Gasteiger partial charge on any atom is -0.346 e. The van der Waals surface area contributed by atoms with Crippen molar-refractivity contribution in [2.45, 2.75) is 39.2 Å². The van der Waals surface area contributed by atoms with E-state index in [1.165, 1.54) is 0 Å². The van der Waals surface area contributed by atoms with Crippen LogP contribution in [0.5, 0.6) is 0 Å². The van der Waals surface area contributed by atoms with Crippen LogP contribution in [0.1, 0.15) is 45.7 Å². The van der Waals surface area contributed by atoms with Gasteiger partial charge in [-0.2, -0.15) is 5.10 Å². The van der Waals surface area contributed by atoms with Crippen molar-refractivity contribution in [3.63, 3.8) is 0 Å². The summed E-state index contributed by atoms with van der Waals surface area (Å²) in [5, 5.41) is 10.9. The van der Waals surface area contributed by atoms with Gasteiger partial charge in [0.1, 0.15) is 0 Å². The molecule has 0 unspecified atom stereocenters. The third-order valence-corrected chi connectivity index (χ3v) is 4.79. The fraction of sp³-hybridized carbons (Fsp3) is 0.316. The van der Waals surface area contributed by atoms with Crippen LogP contribution >= 0.6 is 0 Å². The zero-order chi connectivity index (χ0) is 17.4. The van der Waals surface area contributed by atoms with Gasteiger partial charge in [0.05, 0.1) is 0 Å². The number of pyridine rings is 1. The lowest BCUT2D eigenvalue weighted by Crippen LogP contribution is -2.28. The molecule has 0 radical (unpaired) electrons. The predicted octanol–water partition coefficient (Wildman–Crippen LogP) is 2.37. The molecule has 128 valence electrons. The molecule has 25 heavy (non-hydrogen) atoms. The fourth-order valence-corrected chi connectivity index (χ4v) is 3.43. The summed E-state index contributed by atoms with van der Waals surface area (Å²) in [7, 11) is 0. The van der Waals surface area contributed by atoms with E-state index in [1.807, 2.05) is 31.2 Å². The number of aromatic nitrogens is 3. The van der Waals surface area contributed by atoms with Crippen LogP contribution < -0.4 is 10.9 Å². The standard InChI is InChI=1S/C19H20N4O2/c1-11-6-7-15-12(8-11)9-13(18(24)21-15)10-20-19(25)17-14-4-2-3-5-16(14)22-23-17/h6-9H,2-5,10H2,1H3,(H,20,25)(H,21,24)(H,22,23). The number of fused-ring (bicyclic) bond motifs is 2. The first-order valence-electron chi connectivity index (χ1n) is 8.59. The predicted molar refractivity (Wildman–Crippen MR) is 95.7 cm³/mol. The quantitative estimate of drug-likeness (QED) is 0.686. The van der Waals surface area contributed by atoms with Gasteiger partial charge in [-0.25, -0.2) is 0 Å². The molecule has 4 rings (SSSR count).